The molecule has 0 radical (unpaired) electrons. The number of rotatable bonds is 11. The first-order valence-electron chi connectivity index (χ1n) is 14.2. The van der Waals surface area contributed by atoms with Crippen molar-refractivity contribution < 1.29 is 52.4 Å². The summed E-state index contributed by atoms with van der Waals surface area (Å²) in [6, 6.07) is 9.03. The quantitative estimate of drug-likeness (QED) is 0.224. The highest BCUT2D eigenvalue weighted by molar-refractivity contribution is 5.98. The summed E-state index contributed by atoms with van der Waals surface area (Å²) < 4.78 is 32.6. The first kappa shape index (κ1) is 33.8. The lowest BCUT2D eigenvalue weighted by molar-refractivity contribution is -0.176. The molecule has 1 aromatic heterocycles. The van der Waals surface area contributed by atoms with Gasteiger partial charge in [0.25, 0.3) is 5.91 Å². The van der Waals surface area contributed by atoms with Crippen molar-refractivity contribution in [1.29, 1.82) is 0 Å². The highest BCUT2D eigenvalue weighted by Crippen LogP contribution is 2.30. The van der Waals surface area contributed by atoms with E-state index in [4.69, 9.17) is 28.4 Å². The van der Waals surface area contributed by atoms with Gasteiger partial charge in [0.1, 0.15) is 18.6 Å². The van der Waals surface area contributed by atoms with Gasteiger partial charge in [0.15, 0.2) is 29.3 Å². The lowest BCUT2D eigenvalue weighted by Crippen LogP contribution is -2.47. The zero-order valence-electron chi connectivity index (χ0n) is 25.6. The predicted molar refractivity (Wildman–Crippen MR) is 153 cm³/mol. The monoisotopic (exact) mass is 614 g/mol. The van der Waals surface area contributed by atoms with Crippen LogP contribution in [0.1, 0.15) is 50.7 Å². The van der Waals surface area contributed by atoms with Crippen molar-refractivity contribution in [1.82, 2.24) is 10.3 Å². The largest absolute Gasteiger partial charge is 0.493 e. The Hall–Kier alpha value is -4.68. The zero-order chi connectivity index (χ0) is 32.4. The Balaban J connectivity index is 1.85. The Morgan fingerprint density at radius 3 is 2.32 bits per heavy atom. The van der Waals surface area contributed by atoms with Gasteiger partial charge in [0.05, 0.1) is 18.9 Å². The van der Waals surface area contributed by atoms with Crippen molar-refractivity contribution in [2.45, 2.75) is 59.3 Å². The molecule has 1 saturated heterocycles. The Morgan fingerprint density at radius 1 is 1.00 bits per heavy atom. The van der Waals surface area contributed by atoms with Crippen LogP contribution >= 0.6 is 0 Å². The molecule has 0 unspecified atom stereocenters. The summed E-state index contributed by atoms with van der Waals surface area (Å²) in [4.78, 5) is 68.5. The molecule has 238 valence electrons. The van der Waals surface area contributed by atoms with Crippen molar-refractivity contribution in [2.75, 3.05) is 20.5 Å². The van der Waals surface area contributed by atoms with Crippen LogP contribution < -0.4 is 14.8 Å². The molecule has 13 heteroatoms. The molecule has 2 heterocycles. The minimum atomic E-state index is -1.45. The fourth-order valence-corrected chi connectivity index (χ4v) is 4.18. The summed E-state index contributed by atoms with van der Waals surface area (Å²) in [5, 5.41) is 2.46. The molecule has 0 spiro atoms. The van der Waals surface area contributed by atoms with Gasteiger partial charge in [0, 0.05) is 12.3 Å². The number of methoxy groups -OCH3 is 1. The summed E-state index contributed by atoms with van der Waals surface area (Å²) in [5.74, 6) is -5.61. The third kappa shape index (κ3) is 8.91. The van der Waals surface area contributed by atoms with Crippen LogP contribution in [0.4, 0.5) is 0 Å². The Bertz CT molecular complexity index is 1330. The minimum Gasteiger partial charge on any atom is -0.493 e. The molecule has 3 rings (SSSR count). The highest BCUT2D eigenvalue weighted by atomic mass is 16.7. The number of esters is 4. The van der Waals surface area contributed by atoms with Crippen LogP contribution in [-0.2, 0) is 44.5 Å². The van der Waals surface area contributed by atoms with E-state index in [1.807, 2.05) is 18.2 Å². The molecular weight excluding hydrogens is 576 g/mol. The molecule has 1 aliphatic rings. The number of carbonyl (C=O) groups excluding carboxylic acids is 5. The third-order valence-corrected chi connectivity index (χ3v) is 6.65. The summed E-state index contributed by atoms with van der Waals surface area (Å²) >= 11 is 0. The van der Waals surface area contributed by atoms with E-state index in [2.05, 4.69) is 10.3 Å². The molecule has 1 N–H and O–H groups in total. The van der Waals surface area contributed by atoms with Gasteiger partial charge >= 0.3 is 23.9 Å². The lowest BCUT2D eigenvalue weighted by Gasteiger charge is -2.29. The van der Waals surface area contributed by atoms with Gasteiger partial charge in [0.2, 0.25) is 6.79 Å². The normalized spacial score (nSPS) is 20.4. The predicted octanol–water partition coefficient (Wildman–Crippen LogP) is 2.64. The summed E-state index contributed by atoms with van der Waals surface area (Å²) in [6.45, 7) is 6.98. The lowest BCUT2D eigenvalue weighted by atomic mass is 9.91. The first-order chi connectivity index (χ1) is 20.9. The topological polar surface area (TPSA) is 166 Å². The number of amides is 1. The van der Waals surface area contributed by atoms with Gasteiger partial charge in [-0.15, -0.1) is 0 Å². The van der Waals surface area contributed by atoms with Crippen LogP contribution in [0.2, 0.25) is 0 Å². The van der Waals surface area contributed by atoms with Gasteiger partial charge in [-0.2, -0.15) is 0 Å². The molecule has 2 aromatic rings. The minimum absolute atomic E-state index is 0.112. The molecule has 0 saturated carbocycles. The smallest absolute Gasteiger partial charge is 0.332 e. The number of hydrogen-bond donors (Lipinski definition) is 1. The van der Waals surface area contributed by atoms with Gasteiger partial charge in [-0.3, -0.25) is 19.2 Å². The van der Waals surface area contributed by atoms with E-state index < -0.39 is 79.2 Å². The summed E-state index contributed by atoms with van der Waals surface area (Å²) in [7, 11) is 1.34. The summed E-state index contributed by atoms with van der Waals surface area (Å²) in [5.41, 5.74) is 0.487. The zero-order valence-corrected chi connectivity index (χ0v) is 25.6. The van der Waals surface area contributed by atoms with Crippen LogP contribution in [0.5, 0.6) is 11.5 Å². The average molecular weight is 615 g/mol. The molecule has 1 aliphatic heterocycles. The SMILES string of the molecule is COc1ccnc(C(=O)N[C@@H]2COC(=O)[C@H](Cc3ccccc3)[C@@H](OC(=O)C(C)C)[C@H](C)OC2=O)c1OCOC(=O)C(C)C. The second-order valence-electron chi connectivity index (χ2n) is 10.7. The number of pyridine rings is 1. The molecule has 44 heavy (non-hydrogen) atoms. The molecule has 0 bridgehead atoms. The van der Waals surface area contributed by atoms with Gasteiger partial charge in [-0.1, -0.05) is 58.0 Å². The van der Waals surface area contributed by atoms with E-state index in [1.165, 1.54) is 26.3 Å². The molecule has 4 atom stereocenters. The third-order valence-electron chi connectivity index (χ3n) is 6.65. The van der Waals surface area contributed by atoms with E-state index in [0.717, 1.165) is 5.56 Å². The van der Waals surface area contributed by atoms with Gasteiger partial charge in [-0.05, 0) is 18.9 Å². The van der Waals surface area contributed by atoms with Gasteiger partial charge < -0.3 is 33.7 Å². The van der Waals surface area contributed by atoms with Crippen LogP contribution in [0.15, 0.2) is 42.6 Å². The van der Waals surface area contributed by atoms with Crippen LogP contribution in [0.3, 0.4) is 0 Å². The number of ether oxygens (including phenoxy) is 6. The van der Waals surface area contributed by atoms with E-state index in [0.29, 0.717) is 0 Å². The standard InChI is InChI=1S/C31H38N2O11/c1-17(2)28(35)42-16-41-26-23(39-6)12-13-32-24(26)27(34)33-22-15-40-30(37)21(14-20-10-8-7-9-11-20)25(19(5)43-31(22)38)44-29(36)18(3)4/h7-13,17-19,21-22,25H,14-16H2,1-6H3,(H,33,34)/t19-,21+,22+,25-/m0/s1. The maximum atomic E-state index is 13.4. The van der Waals surface area contributed by atoms with Gasteiger partial charge in [-0.25, -0.2) is 9.78 Å². The number of nitrogens with one attached hydrogen (secondary N) is 1. The second-order valence-corrected chi connectivity index (χ2v) is 10.7. The maximum Gasteiger partial charge on any atom is 0.332 e. The number of hydrogen-bond acceptors (Lipinski definition) is 12. The Labute approximate surface area is 255 Å². The number of nitrogens with zero attached hydrogens (tertiary/aromatic N) is 1. The van der Waals surface area contributed by atoms with Crippen LogP contribution in [0.25, 0.3) is 0 Å². The van der Waals surface area contributed by atoms with E-state index in [1.54, 1.807) is 39.8 Å². The Kier molecular flexibility index (Phi) is 12.1. The van der Waals surface area contributed by atoms with Crippen molar-refractivity contribution in [3.8, 4) is 11.5 Å². The summed E-state index contributed by atoms with van der Waals surface area (Å²) in [6.07, 6.45) is -0.811. The van der Waals surface area contributed by atoms with Crippen LogP contribution in [-0.4, -0.2) is 73.5 Å². The molecule has 1 fully saturated rings. The maximum absolute atomic E-state index is 13.4. The van der Waals surface area contributed by atoms with Crippen molar-refractivity contribution in [3.63, 3.8) is 0 Å². The molecule has 1 amide bonds. The fraction of sp³-hybridized carbons (Fsp3) is 0.484. The van der Waals surface area contributed by atoms with Crippen molar-refractivity contribution >= 4 is 29.8 Å². The van der Waals surface area contributed by atoms with Crippen molar-refractivity contribution in [2.24, 2.45) is 17.8 Å². The average Bonchev–Trinajstić information content (AvgIpc) is 3.03. The van der Waals surface area contributed by atoms with Crippen LogP contribution in [0, 0.1) is 17.8 Å². The second kappa shape index (κ2) is 15.7. The molecular formula is C31H38N2O11. The number of aromatic nitrogens is 1. The number of cyclic esters (lactones) is 2. The van der Waals surface area contributed by atoms with E-state index >= 15 is 0 Å². The molecule has 0 aliphatic carbocycles. The first-order valence-corrected chi connectivity index (χ1v) is 14.2. The fourth-order valence-electron chi connectivity index (χ4n) is 4.18. The number of benzene rings is 1. The van der Waals surface area contributed by atoms with E-state index in [9.17, 15) is 24.0 Å². The van der Waals surface area contributed by atoms with Crippen molar-refractivity contribution in [3.05, 3.63) is 53.9 Å². The molecule has 1 aromatic carbocycles. The Morgan fingerprint density at radius 2 is 1.68 bits per heavy atom. The molecule has 13 nitrogen and oxygen atoms in total. The highest BCUT2D eigenvalue weighted by Gasteiger charge is 2.42. The van der Waals surface area contributed by atoms with E-state index in [-0.39, 0.29) is 23.6 Å². The number of carbonyl (C=O) groups is 5.